The van der Waals surface area contributed by atoms with Crippen LogP contribution in [0.3, 0.4) is 0 Å². The third kappa shape index (κ3) is 10.7. The molecule has 0 radical (unpaired) electrons. The SMILES string of the molecule is CCC.CCOCCOCC(F)(F)CN1CCC(OC2CC(OC)C2)CC1. The van der Waals surface area contributed by atoms with Gasteiger partial charge in [0.2, 0.25) is 0 Å². The second-order valence-electron chi connectivity index (χ2n) is 7.38. The fraction of sp³-hybridized carbons (Fsp3) is 1.00. The van der Waals surface area contributed by atoms with Crippen molar-refractivity contribution in [1.29, 1.82) is 0 Å². The molecular formula is C20H39F2NO4. The van der Waals surface area contributed by atoms with Crippen molar-refractivity contribution in [3.8, 4) is 0 Å². The van der Waals surface area contributed by atoms with Gasteiger partial charge < -0.3 is 18.9 Å². The lowest BCUT2D eigenvalue weighted by atomic mass is 9.91. The van der Waals surface area contributed by atoms with Crippen LogP contribution in [0, 0.1) is 0 Å². The Hall–Kier alpha value is -0.340. The van der Waals surface area contributed by atoms with E-state index in [-0.39, 0.29) is 25.4 Å². The number of ether oxygens (including phenoxy) is 4. The molecule has 0 spiro atoms. The van der Waals surface area contributed by atoms with Gasteiger partial charge in [0.05, 0.1) is 38.1 Å². The first-order valence-electron chi connectivity index (χ1n) is 10.4. The number of hydrogen-bond donors (Lipinski definition) is 0. The minimum absolute atomic E-state index is 0.195. The van der Waals surface area contributed by atoms with Gasteiger partial charge in [0, 0.05) is 26.8 Å². The molecule has 1 aliphatic carbocycles. The van der Waals surface area contributed by atoms with Crippen molar-refractivity contribution in [3.63, 3.8) is 0 Å². The Morgan fingerprint density at radius 3 is 2.07 bits per heavy atom. The molecule has 1 heterocycles. The number of halogens is 2. The molecule has 27 heavy (non-hydrogen) atoms. The maximum Gasteiger partial charge on any atom is 0.283 e. The summed E-state index contributed by atoms with van der Waals surface area (Å²) in [6.45, 7) is 7.77. The van der Waals surface area contributed by atoms with Crippen LogP contribution in [-0.2, 0) is 18.9 Å². The number of rotatable bonds is 11. The van der Waals surface area contributed by atoms with Crippen molar-refractivity contribution in [2.24, 2.45) is 0 Å². The highest BCUT2D eigenvalue weighted by Gasteiger charge is 2.36. The largest absolute Gasteiger partial charge is 0.381 e. The first-order chi connectivity index (χ1) is 12.9. The molecule has 0 bridgehead atoms. The molecule has 5 nitrogen and oxygen atoms in total. The number of hydrogen-bond acceptors (Lipinski definition) is 5. The van der Waals surface area contributed by atoms with Crippen LogP contribution in [0.2, 0.25) is 0 Å². The van der Waals surface area contributed by atoms with E-state index in [1.807, 2.05) is 11.8 Å². The molecule has 0 amide bonds. The number of nitrogens with zero attached hydrogens (tertiary/aromatic N) is 1. The lowest BCUT2D eigenvalue weighted by Crippen LogP contribution is -2.47. The number of likely N-dealkylation sites (tertiary alicyclic amines) is 1. The first-order valence-corrected chi connectivity index (χ1v) is 10.4. The maximum absolute atomic E-state index is 13.9. The van der Waals surface area contributed by atoms with Gasteiger partial charge in [-0.3, -0.25) is 4.90 Å². The van der Waals surface area contributed by atoms with Crippen molar-refractivity contribution in [1.82, 2.24) is 4.90 Å². The molecule has 162 valence electrons. The van der Waals surface area contributed by atoms with Crippen LogP contribution in [0.1, 0.15) is 52.9 Å². The molecule has 7 heteroatoms. The second kappa shape index (κ2) is 13.8. The van der Waals surface area contributed by atoms with Gasteiger partial charge >= 0.3 is 0 Å². The zero-order valence-electron chi connectivity index (χ0n) is 17.6. The molecule has 0 aromatic carbocycles. The summed E-state index contributed by atoms with van der Waals surface area (Å²) in [6.07, 6.45) is 5.59. The Morgan fingerprint density at radius 2 is 1.52 bits per heavy atom. The molecule has 1 aliphatic heterocycles. The van der Waals surface area contributed by atoms with Gasteiger partial charge in [-0.15, -0.1) is 0 Å². The Kier molecular flexibility index (Phi) is 12.6. The summed E-state index contributed by atoms with van der Waals surface area (Å²) in [7, 11) is 1.72. The number of piperidine rings is 1. The smallest absolute Gasteiger partial charge is 0.283 e. The van der Waals surface area contributed by atoms with Crippen LogP contribution in [0.25, 0.3) is 0 Å². The molecule has 0 atom stereocenters. The van der Waals surface area contributed by atoms with E-state index < -0.39 is 12.5 Å². The molecule has 1 saturated carbocycles. The highest BCUT2D eigenvalue weighted by Crippen LogP contribution is 2.29. The van der Waals surface area contributed by atoms with Crippen LogP contribution >= 0.6 is 0 Å². The molecule has 2 fully saturated rings. The van der Waals surface area contributed by atoms with Gasteiger partial charge in [0.15, 0.2) is 0 Å². The molecule has 0 unspecified atom stereocenters. The zero-order chi connectivity index (χ0) is 20.1. The van der Waals surface area contributed by atoms with Crippen molar-refractivity contribution in [3.05, 3.63) is 0 Å². The highest BCUT2D eigenvalue weighted by atomic mass is 19.3. The molecule has 0 aromatic rings. The predicted octanol–water partition coefficient (Wildman–Crippen LogP) is 3.75. The fourth-order valence-corrected chi connectivity index (χ4v) is 3.15. The van der Waals surface area contributed by atoms with Crippen molar-refractivity contribution in [2.75, 3.05) is 53.2 Å². The standard InChI is InChI=1S/C17H31F2NO4.C3H8/c1-3-22-8-9-23-13-17(18,19)12-20-6-4-14(5-7-20)24-16-10-15(11-16)21-2;1-3-2/h14-16H,3-13H2,1-2H3;3H2,1-2H3. The topological polar surface area (TPSA) is 40.2 Å². The Balaban J connectivity index is 0.00000114. The quantitative estimate of drug-likeness (QED) is 0.498. The van der Waals surface area contributed by atoms with Gasteiger partial charge in [0.25, 0.3) is 5.92 Å². The van der Waals surface area contributed by atoms with Crippen molar-refractivity contribution in [2.45, 2.75) is 77.1 Å². The van der Waals surface area contributed by atoms with Gasteiger partial charge in [-0.25, -0.2) is 8.78 Å². The Morgan fingerprint density at radius 1 is 0.926 bits per heavy atom. The summed E-state index contributed by atoms with van der Waals surface area (Å²) in [6, 6.07) is 0. The second-order valence-corrected chi connectivity index (χ2v) is 7.38. The summed E-state index contributed by atoms with van der Waals surface area (Å²) >= 11 is 0. The van der Waals surface area contributed by atoms with Crippen LogP contribution < -0.4 is 0 Å². The Labute approximate surface area is 163 Å². The average molecular weight is 396 g/mol. The minimum Gasteiger partial charge on any atom is -0.381 e. The number of methoxy groups -OCH3 is 1. The van der Waals surface area contributed by atoms with E-state index in [2.05, 4.69) is 13.8 Å². The number of alkyl halides is 2. The van der Waals surface area contributed by atoms with Gasteiger partial charge in [0.1, 0.15) is 6.61 Å². The third-order valence-electron chi connectivity index (χ3n) is 4.65. The van der Waals surface area contributed by atoms with E-state index in [0.717, 1.165) is 25.7 Å². The van der Waals surface area contributed by atoms with Gasteiger partial charge in [-0.1, -0.05) is 20.3 Å². The molecule has 0 aromatic heterocycles. The van der Waals surface area contributed by atoms with E-state index in [4.69, 9.17) is 18.9 Å². The van der Waals surface area contributed by atoms with Crippen LogP contribution in [0.5, 0.6) is 0 Å². The Bertz CT molecular complexity index is 360. The molecule has 1 saturated heterocycles. The van der Waals surface area contributed by atoms with Crippen molar-refractivity contribution >= 4 is 0 Å². The normalized spacial score (nSPS) is 24.2. The summed E-state index contributed by atoms with van der Waals surface area (Å²) in [5.74, 6) is -2.82. The monoisotopic (exact) mass is 395 g/mol. The minimum atomic E-state index is -2.82. The highest BCUT2D eigenvalue weighted by molar-refractivity contribution is 4.84. The molecule has 2 aliphatic rings. The van der Waals surface area contributed by atoms with E-state index in [0.29, 0.717) is 32.4 Å². The summed E-state index contributed by atoms with van der Waals surface area (Å²) in [4.78, 5) is 1.81. The maximum atomic E-state index is 13.9. The molecule has 0 N–H and O–H groups in total. The van der Waals surface area contributed by atoms with Crippen molar-refractivity contribution < 1.29 is 27.7 Å². The van der Waals surface area contributed by atoms with Crippen LogP contribution in [0.4, 0.5) is 8.78 Å². The average Bonchev–Trinajstić information content (AvgIpc) is 2.59. The third-order valence-corrected chi connectivity index (χ3v) is 4.65. The fourth-order valence-electron chi connectivity index (χ4n) is 3.15. The predicted molar refractivity (Wildman–Crippen MR) is 103 cm³/mol. The summed E-state index contributed by atoms with van der Waals surface area (Å²) < 4.78 is 49.2. The van der Waals surface area contributed by atoms with E-state index in [1.165, 1.54) is 6.42 Å². The van der Waals surface area contributed by atoms with E-state index in [1.54, 1.807) is 7.11 Å². The summed E-state index contributed by atoms with van der Waals surface area (Å²) in [5.41, 5.74) is 0. The molecular weight excluding hydrogens is 356 g/mol. The van der Waals surface area contributed by atoms with Crippen LogP contribution in [-0.4, -0.2) is 82.3 Å². The zero-order valence-corrected chi connectivity index (χ0v) is 17.6. The lowest BCUT2D eigenvalue weighted by molar-refractivity contribution is -0.135. The lowest BCUT2D eigenvalue weighted by Gasteiger charge is -2.39. The van der Waals surface area contributed by atoms with E-state index in [9.17, 15) is 8.78 Å². The molecule has 2 rings (SSSR count). The summed E-state index contributed by atoms with van der Waals surface area (Å²) in [5, 5.41) is 0. The van der Waals surface area contributed by atoms with E-state index >= 15 is 0 Å². The van der Waals surface area contributed by atoms with Gasteiger partial charge in [-0.2, -0.15) is 0 Å². The first kappa shape index (κ1) is 24.7. The van der Waals surface area contributed by atoms with Crippen LogP contribution in [0.15, 0.2) is 0 Å². The van der Waals surface area contributed by atoms with Gasteiger partial charge in [-0.05, 0) is 32.6 Å².